The van der Waals surface area contributed by atoms with Gasteiger partial charge in [-0.3, -0.25) is 0 Å². The maximum absolute atomic E-state index is 13.5. The van der Waals surface area contributed by atoms with E-state index in [1.807, 2.05) is 0 Å². The van der Waals surface area contributed by atoms with E-state index in [1.54, 1.807) is 91.0 Å². The average Bonchev–Trinajstić information content (AvgIpc) is 3.37. The molecule has 0 aliphatic carbocycles. The molecule has 0 amide bonds. The van der Waals surface area contributed by atoms with Crippen LogP contribution in [0.1, 0.15) is 33.6 Å². The van der Waals surface area contributed by atoms with Crippen LogP contribution in [0, 0.1) is 5.92 Å². The van der Waals surface area contributed by atoms with Gasteiger partial charge in [0.15, 0.2) is 16.1 Å². The first-order valence-corrected chi connectivity index (χ1v) is 15.9. The summed E-state index contributed by atoms with van der Waals surface area (Å²) in [5, 5.41) is 0. The molecule has 3 aromatic carbocycles. The van der Waals surface area contributed by atoms with Crippen molar-refractivity contribution in [2.75, 3.05) is 33.7 Å². The second-order valence-corrected chi connectivity index (χ2v) is 12.4. The lowest BCUT2D eigenvalue weighted by atomic mass is 9.94. The topological polar surface area (TPSA) is 124 Å². The molecule has 44 heavy (non-hydrogen) atoms. The Hall–Kier alpha value is -3.61. The summed E-state index contributed by atoms with van der Waals surface area (Å²) in [4.78, 5) is 26.0. The number of esters is 2. The maximum Gasteiger partial charge on any atom is 0.338 e. The van der Waals surface area contributed by atoms with Gasteiger partial charge < -0.3 is 28.4 Å². The molecule has 0 bridgehead atoms. The fraction of sp³-hybridized carbons (Fsp3) is 0.394. The SMILES string of the molecule is COC(C[C@@H]1OC(CC(COC(=O)c2ccccc2)OC(=O)c2ccccc2)[C@H](OC)C1CS(=O)(=O)c1ccccc1)OC. The van der Waals surface area contributed by atoms with Gasteiger partial charge in [-0.25, -0.2) is 18.0 Å². The van der Waals surface area contributed by atoms with Crippen LogP contribution in [0.4, 0.5) is 0 Å². The maximum atomic E-state index is 13.5. The molecule has 4 rings (SSSR count). The van der Waals surface area contributed by atoms with Gasteiger partial charge in [0.2, 0.25) is 0 Å². The zero-order chi connectivity index (χ0) is 31.5. The van der Waals surface area contributed by atoms with Crippen LogP contribution in [0.15, 0.2) is 95.9 Å². The van der Waals surface area contributed by atoms with E-state index in [-0.39, 0.29) is 30.1 Å². The van der Waals surface area contributed by atoms with Gasteiger partial charge in [0.1, 0.15) is 12.7 Å². The highest BCUT2D eigenvalue weighted by atomic mass is 32.2. The number of hydrogen-bond acceptors (Lipinski definition) is 10. The van der Waals surface area contributed by atoms with Crippen LogP contribution in [0.5, 0.6) is 0 Å². The minimum absolute atomic E-state index is 0.0716. The van der Waals surface area contributed by atoms with Gasteiger partial charge in [0, 0.05) is 40.1 Å². The first-order valence-electron chi connectivity index (χ1n) is 14.3. The molecule has 1 heterocycles. The monoisotopic (exact) mass is 626 g/mol. The molecule has 236 valence electrons. The summed E-state index contributed by atoms with van der Waals surface area (Å²) in [6.07, 6.45) is -3.32. The summed E-state index contributed by atoms with van der Waals surface area (Å²) < 4.78 is 61.4. The smallest absolute Gasteiger partial charge is 0.338 e. The molecule has 0 radical (unpaired) electrons. The standard InChI is InChI=1S/C33H38O10S/c1-38-30(39-2)20-28-27(22-44(36,37)26-17-11-6-12-18-26)31(40-3)29(43-28)19-25(42-33(35)24-15-9-5-10-16-24)21-41-32(34)23-13-7-4-8-14-23/h4-18,25,27-31H,19-22H2,1-3H3/t25?,27?,28-,29?,31+/m0/s1. The van der Waals surface area contributed by atoms with Crippen molar-refractivity contribution < 1.29 is 46.4 Å². The van der Waals surface area contributed by atoms with Gasteiger partial charge in [0.25, 0.3) is 0 Å². The molecule has 10 nitrogen and oxygen atoms in total. The summed E-state index contributed by atoms with van der Waals surface area (Å²) in [5.74, 6) is -2.04. The normalized spacial score (nSPS) is 20.7. The van der Waals surface area contributed by atoms with Crippen LogP contribution < -0.4 is 0 Å². The predicted molar refractivity (Wildman–Crippen MR) is 161 cm³/mol. The van der Waals surface area contributed by atoms with Gasteiger partial charge in [0.05, 0.1) is 40.1 Å². The van der Waals surface area contributed by atoms with E-state index in [9.17, 15) is 18.0 Å². The third kappa shape index (κ3) is 8.73. The second-order valence-electron chi connectivity index (χ2n) is 10.4. The lowest BCUT2D eigenvalue weighted by Crippen LogP contribution is -2.38. The van der Waals surface area contributed by atoms with Crippen LogP contribution in [0.25, 0.3) is 0 Å². The Balaban J connectivity index is 1.58. The number of carbonyl (C=O) groups is 2. The number of methoxy groups -OCH3 is 3. The molecule has 5 atom stereocenters. The largest absolute Gasteiger partial charge is 0.458 e. The minimum atomic E-state index is -3.72. The number of sulfone groups is 1. The van der Waals surface area contributed by atoms with Gasteiger partial charge >= 0.3 is 11.9 Å². The Morgan fingerprint density at radius 1 is 0.750 bits per heavy atom. The molecule has 11 heteroatoms. The molecule has 0 aromatic heterocycles. The van der Waals surface area contributed by atoms with Crippen molar-refractivity contribution in [3.05, 3.63) is 102 Å². The van der Waals surface area contributed by atoms with Crippen molar-refractivity contribution >= 4 is 21.8 Å². The van der Waals surface area contributed by atoms with Crippen molar-refractivity contribution in [2.24, 2.45) is 5.92 Å². The molecule has 0 N–H and O–H groups in total. The number of carbonyl (C=O) groups excluding carboxylic acids is 2. The Morgan fingerprint density at radius 2 is 1.30 bits per heavy atom. The van der Waals surface area contributed by atoms with Crippen molar-refractivity contribution in [1.82, 2.24) is 0 Å². The van der Waals surface area contributed by atoms with E-state index in [2.05, 4.69) is 0 Å². The first kappa shape index (κ1) is 33.3. The first-order chi connectivity index (χ1) is 21.2. The zero-order valence-corrected chi connectivity index (χ0v) is 25.8. The van der Waals surface area contributed by atoms with E-state index in [0.29, 0.717) is 11.1 Å². The summed E-state index contributed by atoms with van der Waals surface area (Å²) >= 11 is 0. The van der Waals surface area contributed by atoms with Crippen LogP contribution in [0.2, 0.25) is 0 Å². The van der Waals surface area contributed by atoms with Crippen molar-refractivity contribution in [3.8, 4) is 0 Å². The van der Waals surface area contributed by atoms with Crippen LogP contribution in [-0.4, -0.2) is 84.8 Å². The van der Waals surface area contributed by atoms with Crippen molar-refractivity contribution in [3.63, 3.8) is 0 Å². The molecular weight excluding hydrogens is 588 g/mol. The molecule has 0 saturated carbocycles. The number of hydrogen-bond donors (Lipinski definition) is 0. The Labute approximate surface area is 258 Å². The van der Waals surface area contributed by atoms with Crippen molar-refractivity contribution in [2.45, 2.75) is 48.4 Å². The van der Waals surface area contributed by atoms with Gasteiger partial charge in [-0.05, 0) is 36.4 Å². The van der Waals surface area contributed by atoms with Crippen molar-refractivity contribution in [1.29, 1.82) is 0 Å². The fourth-order valence-corrected chi connectivity index (χ4v) is 7.00. The molecule has 0 spiro atoms. The summed E-state index contributed by atoms with van der Waals surface area (Å²) in [7, 11) is 0.739. The highest BCUT2D eigenvalue weighted by Crippen LogP contribution is 2.37. The van der Waals surface area contributed by atoms with Gasteiger partial charge in [-0.15, -0.1) is 0 Å². The molecule has 3 aromatic rings. The molecule has 1 fully saturated rings. The van der Waals surface area contributed by atoms with E-state index in [1.165, 1.54) is 21.3 Å². The molecule has 1 saturated heterocycles. The van der Waals surface area contributed by atoms with Gasteiger partial charge in [-0.1, -0.05) is 54.6 Å². The summed E-state index contributed by atoms with van der Waals surface area (Å²) in [5.41, 5.74) is 0.680. The Kier molecular flexibility index (Phi) is 12.0. The van der Waals surface area contributed by atoms with Crippen LogP contribution in [-0.2, 0) is 38.3 Å². The molecular formula is C33H38O10S. The van der Waals surface area contributed by atoms with Crippen LogP contribution in [0.3, 0.4) is 0 Å². The van der Waals surface area contributed by atoms with E-state index < -0.39 is 58.4 Å². The Morgan fingerprint density at radius 3 is 1.84 bits per heavy atom. The van der Waals surface area contributed by atoms with Gasteiger partial charge in [-0.2, -0.15) is 0 Å². The highest BCUT2D eigenvalue weighted by molar-refractivity contribution is 7.91. The van der Waals surface area contributed by atoms with E-state index >= 15 is 0 Å². The number of benzene rings is 3. The molecule has 1 aliphatic rings. The molecule has 3 unspecified atom stereocenters. The third-order valence-electron chi connectivity index (χ3n) is 7.54. The third-order valence-corrected chi connectivity index (χ3v) is 9.35. The number of rotatable bonds is 15. The fourth-order valence-electron chi connectivity index (χ4n) is 5.32. The zero-order valence-electron chi connectivity index (χ0n) is 24.9. The predicted octanol–water partition coefficient (Wildman–Crippen LogP) is 4.34. The molecule has 1 aliphatic heterocycles. The quantitative estimate of drug-likeness (QED) is 0.178. The second kappa shape index (κ2) is 15.9. The number of ether oxygens (including phenoxy) is 6. The average molecular weight is 627 g/mol. The minimum Gasteiger partial charge on any atom is -0.458 e. The van der Waals surface area contributed by atoms with E-state index in [4.69, 9.17) is 28.4 Å². The summed E-state index contributed by atoms with van der Waals surface area (Å²) in [6.45, 7) is -0.251. The van der Waals surface area contributed by atoms with E-state index in [0.717, 1.165) is 0 Å². The highest BCUT2D eigenvalue weighted by Gasteiger charge is 2.48. The lowest BCUT2D eigenvalue weighted by molar-refractivity contribution is -0.133. The summed E-state index contributed by atoms with van der Waals surface area (Å²) in [6, 6.07) is 25.1. The Bertz CT molecular complexity index is 1430. The van der Waals surface area contributed by atoms with Crippen LogP contribution >= 0.6 is 0 Å². The lowest BCUT2D eigenvalue weighted by Gasteiger charge is -2.26.